The molecule has 0 amide bonds. The minimum Gasteiger partial charge on any atom is -0.309 e. The summed E-state index contributed by atoms with van der Waals surface area (Å²) in [4.78, 5) is 8.34. The van der Waals surface area contributed by atoms with Crippen LogP contribution in [0.5, 0.6) is 0 Å². The fourth-order valence-corrected chi connectivity index (χ4v) is 19.3. The van der Waals surface area contributed by atoms with Crippen LogP contribution in [0.2, 0.25) is 0 Å². The molecule has 0 N–H and O–H groups in total. The number of aromatic nitrogens is 1. The monoisotopic (exact) mass is 989 g/mol. The zero-order valence-corrected chi connectivity index (χ0v) is 43.2. The van der Waals surface area contributed by atoms with Gasteiger partial charge < -0.3 is 4.57 Å². The summed E-state index contributed by atoms with van der Waals surface area (Å²) in [6.45, 7) is 0. The zero-order valence-electron chi connectivity index (χ0n) is 41.6. The first kappa shape index (κ1) is 49.3. The second kappa shape index (κ2) is 20.1. The first-order valence-corrected chi connectivity index (χ1v) is 28.3. The van der Waals surface area contributed by atoms with Crippen molar-refractivity contribution in [2.45, 2.75) is 39.2 Å². The van der Waals surface area contributed by atoms with Crippen molar-refractivity contribution in [1.82, 2.24) is 4.57 Å². The number of fused-ring (bicyclic) bond motifs is 3. The van der Waals surface area contributed by atoms with E-state index < -0.39 is 20.1 Å². The molecule has 10 heteroatoms. The van der Waals surface area contributed by atoms with Crippen molar-refractivity contribution < 1.29 is 0 Å². The maximum atomic E-state index is 8.03. The molecule has 1 nitrogen and oxygen atoms in total. The second-order valence-corrected chi connectivity index (χ2v) is 24.9. The van der Waals surface area contributed by atoms with E-state index in [9.17, 15) is 0 Å². The quantitative estimate of drug-likeness (QED) is 0.114. The van der Waals surface area contributed by atoms with Gasteiger partial charge in [-0.15, -0.1) is 31.0 Å². The number of hydrogen-bond donors (Lipinski definition) is 0. The summed E-state index contributed by atoms with van der Waals surface area (Å²) < 4.78 is 2.11. The first-order valence-electron chi connectivity index (χ1n) is 25.0. The van der Waals surface area contributed by atoms with E-state index in [-0.39, 0.29) is 21.9 Å². The summed E-state index contributed by atoms with van der Waals surface area (Å²) in [7, 11) is 47.7. The second-order valence-electron chi connectivity index (χ2n) is 18.7. The number of benzene rings is 11. The van der Waals surface area contributed by atoms with Crippen LogP contribution in [0.3, 0.4) is 0 Å². The van der Waals surface area contributed by atoms with Crippen molar-refractivity contribution in [2.24, 2.45) is 0 Å². The molecule has 0 atom stereocenters. The molecule has 344 valence electrons. The molecule has 14 radical (unpaired) electrons. The van der Waals surface area contributed by atoms with Crippen LogP contribution in [0.25, 0.3) is 49.7 Å². The smallest absolute Gasteiger partial charge is 0.116 e. The molecule has 0 bridgehead atoms. The molecule has 0 fully saturated rings. The Hall–Kier alpha value is -7.63. The van der Waals surface area contributed by atoms with Gasteiger partial charge in [0.1, 0.15) is 54.9 Å². The molecule has 1 heterocycles. The molecule has 1 aromatic heterocycles. The summed E-state index contributed by atoms with van der Waals surface area (Å²) in [5.74, 6) is 0. The standard InChI is InChI=1S/C66H42B7NS2/c67-56-54-55-57(68)66(76(48-35-19-6-20-36-48,49-37-21-7-22-38-49)50-39-23-8-24-40-50)62(73)61(72)65(55)74(64(54)60(71)59(70)58(56)69)63-52(43-25-9-1-10-26-43)41-51(42-53(63)44-27-11-2-12-28-44)75(45-29-13-3-14-30-45,46-31-15-4-16-32-46)47-33-17-5-18-34-47/h1-42H. The number of nitrogens with zero attached hydrogens (tertiary/aromatic N) is 1. The highest BCUT2D eigenvalue weighted by Gasteiger charge is 2.39. The third kappa shape index (κ3) is 7.67. The summed E-state index contributed by atoms with van der Waals surface area (Å²) in [5.41, 5.74) is 7.25. The molecule has 11 aromatic carbocycles. The van der Waals surface area contributed by atoms with Gasteiger partial charge in [0.2, 0.25) is 0 Å². The fraction of sp³-hybridized carbons (Fsp3) is 0. The maximum Gasteiger partial charge on any atom is 0.116 e. The maximum absolute atomic E-state index is 8.03. The van der Waals surface area contributed by atoms with E-state index in [4.69, 9.17) is 54.9 Å². The molecule has 12 rings (SSSR count). The normalized spacial score (nSPS) is 12.2. The Labute approximate surface area is 458 Å². The fourth-order valence-electron chi connectivity index (χ4n) is 11.2. The van der Waals surface area contributed by atoms with E-state index >= 15 is 0 Å². The Balaban J connectivity index is 1.32. The Morgan fingerprint density at radius 2 is 0.526 bits per heavy atom. The van der Waals surface area contributed by atoms with Gasteiger partial charge in [-0.3, -0.25) is 0 Å². The van der Waals surface area contributed by atoms with Gasteiger partial charge in [0.05, 0.1) is 5.69 Å². The van der Waals surface area contributed by atoms with E-state index in [2.05, 4.69) is 229 Å². The number of rotatable bonds is 11. The van der Waals surface area contributed by atoms with Crippen LogP contribution in [0.15, 0.2) is 294 Å². The van der Waals surface area contributed by atoms with E-state index in [1.54, 1.807) is 0 Å². The van der Waals surface area contributed by atoms with Gasteiger partial charge in [-0.1, -0.05) is 197 Å². The predicted molar refractivity (Wildman–Crippen MR) is 329 cm³/mol. The third-order valence-electron chi connectivity index (χ3n) is 14.6. The van der Waals surface area contributed by atoms with Crippen molar-refractivity contribution in [3.05, 3.63) is 255 Å². The molecule has 0 aliphatic carbocycles. The third-order valence-corrected chi connectivity index (χ3v) is 22.5. The highest BCUT2D eigenvalue weighted by Crippen LogP contribution is 2.75. The molecule has 12 aromatic rings. The topological polar surface area (TPSA) is 4.93 Å². The van der Waals surface area contributed by atoms with Crippen LogP contribution in [-0.2, 0) is 0 Å². The lowest BCUT2D eigenvalue weighted by molar-refractivity contribution is 1.17. The molecule has 0 aliphatic heterocycles. The average Bonchev–Trinajstić information content (AvgIpc) is 3.90. The predicted octanol–water partition coefficient (Wildman–Crippen LogP) is 10.4. The Morgan fingerprint density at radius 1 is 0.250 bits per heavy atom. The van der Waals surface area contributed by atoms with E-state index in [1.165, 1.54) is 14.7 Å². The molecule has 0 unspecified atom stereocenters. The van der Waals surface area contributed by atoms with Gasteiger partial charge >= 0.3 is 0 Å². The van der Waals surface area contributed by atoms with E-state index in [0.717, 1.165) is 47.5 Å². The van der Waals surface area contributed by atoms with Crippen molar-refractivity contribution >= 4 is 135 Å². The molecule has 76 heavy (non-hydrogen) atoms. The van der Waals surface area contributed by atoms with Gasteiger partial charge in [0.25, 0.3) is 0 Å². The van der Waals surface area contributed by atoms with Crippen molar-refractivity contribution in [1.29, 1.82) is 0 Å². The van der Waals surface area contributed by atoms with Gasteiger partial charge in [0, 0.05) is 61.8 Å². The minimum absolute atomic E-state index is 0.150. The van der Waals surface area contributed by atoms with Gasteiger partial charge in [0.15, 0.2) is 0 Å². The zero-order chi connectivity index (χ0) is 52.1. The minimum atomic E-state index is -2.52. The highest BCUT2D eigenvalue weighted by atomic mass is 32.3. The lowest BCUT2D eigenvalue weighted by Crippen LogP contribution is -2.48. The molecular formula is C66H42B7NS2. The van der Waals surface area contributed by atoms with E-state index in [1.807, 2.05) is 30.3 Å². The molecule has 0 saturated heterocycles. The SMILES string of the molecule is [B]c1c([B])c([B])c2c(c1[B])c1c([B])c(S(c3ccccc3)(c3ccccc3)c3ccccc3)c([B])c([B])c1n2-c1c(-c2ccccc2)cc(S(c2ccccc2)(c2ccccc2)c2ccccc2)cc1-c1ccccc1. The molecular weight excluding hydrogens is 947 g/mol. The lowest BCUT2D eigenvalue weighted by Gasteiger charge is -2.45. The first-order chi connectivity index (χ1) is 37.2. The summed E-state index contributed by atoms with van der Waals surface area (Å²) >= 11 is 0. The largest absolute Gasteiger partial charge is 0.309 e. The van der Waals surface area contributed by atoms with Crippen molar-refractivity contribution in [3.63, 3.8) is 0 Å². The van der Waals surface area contributed by atoms with Gasteiger partial charge in [-0.05, 0) is 106 Å². The lowest BCUT2D eigenvalue weighted by atomic mass is 9.65. The summed E-state index contributed by atoms with van der Waals surface area (Å²) in [5, 5.41) is 1.08. The van der Waals surface area contributed by atoms with Crippen molar-refractivity contribution in [2.75, 3.05) is 0 Å². The molecule has 0 saturated carbocycles. The average molecular weight is 989 g/mol. The van der Waals surface area contributed by atoms with E-state index in [0.29, 0.717) is 43.1 Å². The molecule has 0 spiro atoms. The van der Waals surface area contributed by atoms with Crippen molar-refractivity contribution in [3.8, 4) is 27.9 Å². The van der Waals surface area contributed by atoms with Crippen LogP contribution in [0.4, 0.5) is 0 Å². The van der Waals surface area contributed by atoms with Crippen LogP contribution < -0.4 is 38.2 Å². The number of hydrogen-bond acceptors (Lipinski definition) is 0. The summed E-state index contributed by atoms with van der Waals surface area (Å²) in [6, 6.07) is 89.3. The van der Waals surface area contributed by atoms with Gasteiger partial charge in [-0.2, -0.15) is 0 Å². The Bertz CT molecular complexity index is 3840. The Kier molecular flexibility index (Phi) is 13.1. The van der Waals surface area contributed by atoms with Crippen LogP contribution in [-0.4, -0.2) is 59.5 Å². The highest BCUT2D eigenvalue weighted by molar-refractivity contribution is 8.34. The molecule has 0 aliphatic rings. The van der Waals surface area contributed by atoms with Crippen LogP contribution in [0, 0.1) is 0 Å². The Morgan fingerprint density at radius 3 is 0.868 bits per heavy atom. The van der Waals surface area contributed by atoms with Gasteiger partial charge in [-0.25, -0.2) is 0 Å². The summed E-state index contributed by atoms with van der Waals surface area (Å²) in [6.07, 6.45) is 0. The van der Waals surface area contributed by atoms with Crippen LogP contribution in [0.1, 0.15) is 0 Å². The van der Waals surface area contributed by atoms with Crippen LogP contribution >= 0.6 is 20.1 Å².